The van der Waals surface area contributed by atoms with E-state index >= 15 is 0 Å². The number of rotatable bonds is 15. The molecule has 0 radical (unpaired) electrons. The Morgan fingerprint density at radius 2 is 1.28 bits per heavy atom. The van der Waals surface area contributed by atoms with E-state index in [2.05, 4.69) is 48.5 Å². The molecule has 1 aliphatic rings. The quantitative estimate of drug-likeness (QED) is 0.237. The Balaban J connectivity index is 2.27. The largest absolute Gasteiger partial charge is 0.0651 e. The molecule has 0 N–H and O–H groups in total. The van der Waals surface area contributed by atoms with Gasteiger partial charge in [-0.15, -0.1) is 0 Å². The van der Waals surface area contributed by atoms with Crippen LogP contribution in [-0.4, -0.2) is 0 Å². The Morgan fingerprint density at radius 1 is 0.621 bits per heavy atom. The van der Waals surface area contributed by atoms with Crippen molar-refractivity contribution < 1.29 is 0 Å². The highest BCUT2D eigenvalue weighted by Crippen LogP contribution is 2.36. The zero-order valence-corrected chi connectivity index (χ0v) is 21.6. The van der Waals surface area contributed by atoms with Crippen LogP contribution in [0.3, 0.4) is 0 Å². The SMILES string of the molecule is CCC(CCC(C)CCC1CCCCCC1CC)CC(C)CC(C)CCC(C)C. The van der Waals surface area contributed by atoms with Crippen LogP contribution in [0.4, 0.5) is 0 Å². The summed E-state index contributed by atoms with van der Waals surface area (Å²) < 4.78 is 0. The molecule has 0 aromatic rings. The van der Waals surface area contributed by atoms with Gasteiger partial charge in [0.1, 0.15) is 0 Å². The van der Waals surface area contributed by atoms with Gasteiger partial charge in [-0.3, -0.25) is 0 Å². The Kier molecular flexibility index (Phi) is 14.7. The molecule has 1 saturated carbocycles. The second kappa shape index (κ2) is 15.8. The number of hydrogen-bond donors (Lipinski definition) is 0. The lowest BCUT2D eigenvalue weighted by Crippen LogP contribution is -2.14. The fraction of sp³-hybridized carbons (Fsp3) is 1.00. The molecular formula is C29H58. The summed E-state index contributed by atoms with van der Waals surface area (Å²) in [4.78, 5) is 0. The molecule has 0 nitrogen and oxygen atoms in total. The molecule has 0 bridgehead atoms. The molecule has 0 heteroatoms. The molecule has 0 heterocycles. The van der Waals surface area contributed by atoms with Crippen LogP contribution < -0.4 is 0 Å². The zero-order valence-electron chi connectivity index (χ0n) is 21.6. The van der Waals surface area contributed by atoms with Gasteiger partial charge >= 0.3 is 0 Å². The first-order valence-electron chi connectivity index (χ1n) is 13.8. The van der Waals surface area contributed by atoms with Gasteiger partial charge < -0.3 is 0 Å². The van der Waals surface area contributed by atoms with E-state index in [1.807, 2.05) is 0 Å². The van der Waals surface area contributed by atoms with E-state index in [9.17, 15) is 0 Å². The molecule has 0 aromatic carbocycles. The molecule has 0 aromatic heterocycles. The molecule has 174 valence electrons. The van der Waals surface area contributed by atoms with E-state index in [0.717, 1.165) is 41.4 Å². The molecular weight excluding hydrogens is 348 g/mol. The summed E-state index contributed by atoms with van der Waals surface area (Å²) in [6.45, 7) is 17.1. The van der Waals surface area contributed by atoms with Gasteiger partial charge in [0.25, 0.3) is 0 Å². The van der Waals surface area contributed by atoms with Gasteiger partial charge in [-0.1, -0.05) is 126 Å². The monoisotopic (exact) mass is 406 g/mol. The first kappa shape index (κ1) is 27.0. The minimum Gasteiger partial charge on any atom is -0.0651 e. The topological polar surface area (TPSA) is 0 Å². The maximum absolute atomic E-state index is 2.54. The molecule has 1 fully saturated rings. The van der Waals surface area contributed by atoms with E-state index in [1.165, 1.54) is 96.3 Å². The molecule has 6 unspecified atom stereocenters. The van der Waals surface area contributed by atoms with E-state index < -0.39 is 0 Å². The lowest BCUT2D eigenvalue weighted by molar-refractivity contribution is 0.252. The molecule has 0 amide bonds. The molecule has 0 spiro atoms. The summed E-state index contributed by atoms with van der Waals surface area (Å²) in [5.74, 6) is 6.66. The third-order valence-corrected chi connectivity index (χ3v) is 8.29. The van der Waals surface area contributed by atoms with Crippen molar-refractivity contribution in [3.05, 3.63) is 0 Å². The molecule has 29 heavy (non-hydrogen) atoms. The smallest absolute Gasteiger partial charge is 0.0386 e. The summed E-state index contributed by atoms with van der Waals surface area (Å²) in [5, 5.41) is 0. The highest BCUT2D eigenvalue weighted by Gasteiger charge is 2.23. The standard InChI is InChI=1S/C29H58/c1-8-27(22-26(7)21-25(6)16-15-23(3)4)19-17-24(5)18-20-29-14-12-10-11-13-28(29)9-2/h23-29H,8-22H2,1-7H3. The van der Waals surface area contributed by atoms with Crippen LogP contribution in [0.5, 0.6) is 0 Å². The van der Waals surface area contributed by atoms with E-state index in [-0.39, 0.29) is 0 Å². The first-order valence-corrected chi connectivity index (χ1v) is 13.8. The van der Waals surface area contributed by atoms with E-state index in [4.69, 9.17) is 0 Å². The molecule has 1 aliphatic carbocycles. The van der Waals surface area contributed by atoms with Crippen molar-refractivity contribution >= 4 is 0 Å². The van der Waals surface area contributed by atoms with Crippen molar-refractivity contribution in [1.29, 1.82) is 0 Å². The maximum Gasteiger partial charge on any atom is -0.0386 e. The minimum absolute atomic E-state index is 0.864. The summed E-state index contributed by atoms with van der Waals surface area (Å²) in [6, 6.07) is 0. The van der Waals surface area contributed by atoms with Crippen LogP contribution in [0.1, 0.15) is 145 Å². The molecule has 0 aliphatic heterocycles. The van der Waals surface area contributed by atoms with Gasteiger partial charge in [0.2, 0.25) is 0 Å². The Labute approximate surface area is 186 Å². The summed E-state index contributed by atoms with van der Waals surface area (Å²) in [7, 11) is 0. The van der Waals surface area contributed by atoms with Crippen LogP contribution >= 0.6 is 0 Å². The van der Waals surface area contributed by atoms with Crippen molar-refractivity contribution in [2.24, 2.45) is 41.4 Å². The molecule has 6 atom stereocenters. The van der Waals surface area contributed by atoms with Crippen molar-refractivity contribution in [3.63, 3.8) is 0 Å². The summed E-state index contributed by atoms with van der Waals surface area (Å²) in [6.07, 6.45) is 22.0. The first-order chi connectivity index (χ1) is 13.8. The summed E-state index contributed by atoms with van der Waals surface area (Å²) in [5.41, 5.74) is 0. The minimum atomic E-state index is 0.864. The average Bonchev–Trinajstić information content (AvgIpc) is 2.92. The van der Waals surface area contributed by atoms with Gasteiger partial charge in [0.05, 0.1) is 0 Å². The van der Waals surface area contributed by atoms with Crippen molar-refractivity contribution in [2.45, 2.75) is 145 Å². The Hall–Kier alpha value is 0. The highest BCUT2D eigenvalue weighted by molar-refractivity contribution is 4.75. The average molecular weight is 407 g/mol. The van der Waals surface area contributed by atoms with Gasteiger partial charge in [0.15, 0.2) is 0 Å². The second-order valence-electron chi connectivity index (χ2n) is 11.8. The Bertz CT molecular complexity index is 370. The van der Waals surface area contributed by atoms with Crippen LogP contribution in [0, 0.1) is 41.4 Å². The summed E-state index contributed by atoms with van der Waals surface area (Å²) >= 11 is 0. The van der Waals surface area contributed by atoms with Gasteiger partial charge in [-0.25, -0.2) is 0 Å². The van der Waals surface area contributed by atoms with E-state index in [1.54, 1.807) is 0 Å². The predicted octanol–water partition coefficient (Wildman–Crippen LogP) is 10.3. The predicted molar refractivity (Wildman–Crippen MR) is 133 cm³/mol. The van der Waals surface area contributed by atoms with Crippen molar-refractivity contribution in [3.8, 4) is 0 Å². The van der Waals surface area contributed by atoms with Gasteiger partial charge in [-0.05, 0) is 60.7 Å². The molecule has 1 rings (SSSR count). The van der Waals surface area contributed by atoms with E-state index in [0.29, 0.717) is 0 Å². The molecule has 0 saturated heterocycles. The fourth-order valence-corrected chi connectivity index (χ4v) is 6.12. The third kappa shape index (κ3) is 12.4. The lowest BCUT2D eigenvalue weighted by atomic mass is 9.79. The fourth-order valence-electron chi connectivity index (χ4n) is 6.12. The second-order valence-corrected chi connectivity index (χ2v) is 11.8. The van der Waals surface area contributed by atoms with Crippen molar-refractivity contribution in [2.75, 3.05) is 0 Å². The van der Waals surface area contributed by atoms with Crippen LogP contribution in [0.15, 0.2) is 0 Å². The highest BCUT2D eigenvalue weighted by atomic mass is 14.3. The van der Waals surface area contributed by atoms with Gasteiger partial charge in [-0.2, -0.15) is 0 Å². The lowest BCUT2D eigenvalue weighted by Gasteiger charge is -2.26. The van der Waals surface area contributed by atoms with Crippen LogP contribution in [0.25, 0.3) is 0 Å². The van der Waals surface area contributed by atoms with Crippen LogP contribution in [-0.2, 0) is 0 Å². The number of hydrogen-bond acceptors (Lipinski definition) is 0. The normalized spacial score (nSPS) is 24.8. The van der Waals surface area contributed by atoms with Gasteiger partial charge in [0, 0.05) is 0 Å². The van der Waals surface area contributed by atoms with Crippen molar-refractivity contribution in [1.82, 2.24) is 0 Å². The van der Waals surface area contributed by atoms with Crippen LogP contribution in [0.2, 0.25) is 0 Å². The maximum atomic E-state index is 2.54. The Morgan fingerprint density at radius 3 is 1.90 bits per heavy atom. The zero-order chi connectivity index (χ0) is 21.6. The third-order valence-electron chi connectivity index (χ3n) is 8.29.